The first kappa shape index (κ1) is 22.5. The molecule has 33 heavy (non-hydrogen) atoms. The summed E-state index contributed by atoms with van der Waals surface area (Å²) >= 11 is 5.89. The Hall–Kier alpha value is -3.71. The Bertz CT molecular complexity index is 1470. The molecule has 0 aliphatic heterocycles. The number of carbonyl (C=O) groups is 1. The van der Waals surface area contributed by atoms with E-state index in [0.717, 1.165) is 5.56 Å². The van der Waals surface area contributed by atoms with Crippen LogP contribution in [0.25, 0.3) is 16.9 Å². The topological polar surface area (TPSA) is 83.7 Å². The van der Waals surface area contributed by atoms with Gasteiger partial charge in [-0.25, -0.2) is 14.2 Å². The Balaban J connectivity index is 1.91. The maximum absolute atomic E-state index is 14.7. The monoisotopic (exact) mass is 465 g/mol. The zero-order valence-electron chi connectivity index (χ0n) is 18.2. The van der Waals surface area contributed by atoms with E-state index >= 15 is 0 Å². The lowest BCUT2D eigenvalue weighted by atomic mass is 10.0. The van der Waals surface area contributed by atoms with E-state index in [9.17, 15) is 19.1 Å². The highest BCUT2D eigenvalue weighted by atomic mass is 35.5. The molecule has 0 spiro atoms. The van der Waals surface area contributed by atoms with E-state index in [1.54, 1.807) is 37.4 Å². The summed E-state index contributed by atoms with van der Waals surface area (Å²) in [7, 11) is 0. The van der Waals surface area contributed by atoms with Crippen LogP contribution in [0, 0.1) is 19.7 Å². The molecule has 2 aromatic heterocycles. The first-order valence-electron chi connectivity index (χ1n) is 10.2. The lowest BCUT2D eigenvalue weighted by Crippen LogP contribution is -2.22. The average molecular weight is 466 g/mol. The van der Waals surface area contributed by atoms with Crippen molar-refractivity contribution in [3.63, 3.8) is 0 Å². The molecule has 0 bridgehead atoms. The van der Waals surface area contributed by atoms with Crippen molar-refractivity contribution in [2.24, 2.45) is 0 Å². The van der Waals surface area contributed by atoms with Gasteiger partial charge in [0.15, 0.2) is 0 Å². The van der Waals surface area contributed by atoms with Gasteiger partial charge in [-0.15, -0.1) is 0 Å². The molecule has 2 heterocycles. The van der Waals surface area contributed by atoms with E-state index in [0.29, 0.717) is 22.5 Å². The summed E-state index contributed by atoms with van der Waals surface area (Å²) in [5.74, 6) is -1.62. The van der Waals surface area contributed by atoms with Crippen molar-refractivity contribution in [1.82, 2.24) is 9.38 Å². The van der Waals surface area contributed by atoms with Crippen LogP contribution in [0.15, 0.2) is 59.5 Å². The number of carboxylic acid groups (broad SMARTS) is 1. The predicted molar refractivity (Wildman–Crippen MR) is 127 cm³/mol. The summed E-state index contributed by atoms with van der Waals surface area (Å²) in [5.41, 5.74) is 2.83. The van der Waals surface area contributed by atoms with Gasteiger partial charge in [0.1, 0.15) is 11.5 Å². The Labute approximate surface area is 194 Å². The molecule has 2 N–H and O–H groups in total. The van der Waals surface area contributed by atoms with Crippen LogP contribution in [0.3, 0.4) is 0 Å². The van der Waals surface area contributed by atoms with Crippen LogP contribution in [0.4, 0.5) is 10.1 Å². The van der Waals surface area contributed by atoms with Crippen LogP contribution in [0.2, 0.25) is 5.02 Å². The number of aromatic carboxylic acids is 1. The van der Waals surface area contributed by atoms with Crippen molar-refractivity contribution >= 4 is 28.9 Å². The SMILES string of the molecule is Cc1cc([C@H](C)Nc2ccccc2C(=O)O)c2nc(-c3ccc(Cl)cc3F)c(C)c(=O)n2c1. The minimum Gasteiger partial charge on any atom is -0.478 e. The molecule has 0 aliphatic carbocycles. The highest BCUT2D eigenvalue weighted by molar-refractivity contribution is 6.30. The molecule has 0 unspecified atom stereocenters. The molecule has 0 fully saturated rings. The number of para-hydroxylation sites is 1. The lowest BCUT2D eigenvalue weighted by Gasteiger charge is -2.20. The zero-order valence-corrected chi connectivity index (χ0v) is 18.9. The average Bonchev–Trinajstić information content (AvgIpc) is 2.76. The van der Waals surface area contributed by atoms with Crippen molar-refractivity contribution in [2.75, 3.05) is 5.32 Å². The standard InChI is InChI=1S/C25H21ClFN3O3/c1-13-10-19(15(3)28-21-7-5-4-6-18(21)25(32)33)23-29-22(14(2)24(31)30(23)12-13)17-9-8-16(26)11-20(17)27/h4-12,15,28H,1-3H3,(H,32,33)/t15-/m0/s1. The summed E-state index contributed by atoms with van der Waals surface area (Å²) in [4.78, 5) is 29.5. The smallest absolute Gasteiger partial charge is 0.337 e. The molecular weight excluding hydrogens is 445 g/mol. The van der Waals surface area contributed by atoms with Crippen LogP contribution in [0.1, 0.15) is 40.0 Å². The van der Waals surface area contributed by atoms with Gasteiger partial charge >= 0.3 is 5.97 Å². The number of halogens is 2. The highest BCUT2D eigenvalue weighted by Gasteiger charge is 2.20. The van der Waals surface area contributed by atoms with Crippen LogP contribution in [0.5, 0.6) is 0 Å². The summed E-state index contributed by atoms with van der Waals surface area (Å²) < 4.78 is 16.1. The number of hydrogen-bond donors (Lipinski definition) is 2. The molecule has 6 nitrogen and oxygen atoms in total. The predicted octanol–water partition coefficient (Wildman–Crippen LogP) is 5.64. The van der Waals surface area contributed by atoms with Crippen molar-refractivity contribution in [2.45, 2.75) is 26.8 Å². The molecule has 0 aliphatic rings. The Morgan fingerprint density at radius 3 is 2.61 bits per heavy atom. The normalized spacial score (nSPS) is 12.0. The van der Waals surface area contributed by atoms with Crippen LogP contribution in [-0.2, 0) is 0 Å². The summed E-state index contributed by atoms with van der Waals surface area (Å²) in [6.45, 7) is 5.31. The number of hydrogen-bond acceptors (Lipinski definition) is 4. The number of rotatable bonds is 5. The molecule has 4 aromatic rings. The van der Waals surface area contributed by atoms with Crippen molar-refractivity contribution in [1.29, 1.82) is 0 Å². The van der Waals surface area contributed by atoms with Gasteiger partial charge in [-0.1, -0.05) is 23.7 Å². The van der Waals surface area contributed by atoms with Gasteiger partial charge in [-0.05, 0) is 62.7 Å². The molecule has 0 saturated heterocycles. The van der Waals surface area contributed by atoms with E-state index in [2.05, 4.69) is 10.3 Å². The Morgan fingerprint density at radius 1 is 1.18 bits per heavy atom. The summed E-state index contributed by atoms with van der Waals surface area (Å²) in [6, 6.07) is 12.3. The lowest BCUT2D eigenvalue weighted by molar-refractivity contribution is 0.0698. The molecular formula is C25H21ClFN3O3. The van der Waals surface area contributed by atoms with Crippen molar-refractivity contribution < 1.29 is 14.3 Å². The van der Waals surface area contributed by atoms with E-state index in [4.69, 9.17) is 11.6 Å². The second kappa shape index (κ2) is 8.67. The quantitative estimate of drug-likeness (QED) is 0.398. The fourth-order valence-electron chi connectivity index (χ4n) is 3.86. The molecule has 4 rings (SSSR count). The Morgan fingerprint density at radius 2 is 1.91 bits per heavy atom. The third-order valence-corrected chi connectivity index (χ3v) is 5.73. The third-order valence-electron chi connectivity index (χ3n) is 5.50. The van der Waals surface area contributed by atoms with Crippen molar-refractivity contribution in [3.05, 3.63) is 98.2 Å². The second-order valence-corrected chi connectivity index (χ2v) is 8.33. The van der Waals surface area contributed by atoms with Gasteiger partial charge in [0.05, 0.1) is 17.3 Å². The van der Waals surface area contributed by atoms with Gasteiger partial charge in [0.25, 0.3) is 5.56 Å². The molecule has 0 amide bonds. The number of nitrogens with zero attached hydrogens (tertiary/aromatic N) is 2. The van der Waals surface area contributed by atoms with Crippen LogP contribution < -0.4 is 10.9 Å². The zero-order chi connectivity index (χ0) is 23.9. The van der Waals surface area contributed by atoms with E-state index in [-0.39, 0.29) is 27.4 Å². The second-order valence-electron chi connectivity index (χ2n) is 7.90. The van der Waals surface area contributed by atoms with Gasteiger partial charge in [-0.3, -0.25) is 9.20 Å². The van der Waals surface area contributed by atoms with Crippen LogP contribution in [-0.4, -0.2) is 20.5 Å². The summed E-state index contributed by atoms with van der Waals surface area (Å²) in [6.07, 6.45) is 1.68. The summed E-state index contributed by atoms with van der Waals surface area (Å²) in [5, 5.41) is 13.0. The largest absolute Gasteiger partial charge is 0.478 e. The molecule has 0 radical (unpaired) electrons. The van der Waals surface area contributed by atoms with Crippen molar-refractivity contribution in [3.8, 4) is 11.3 Å². The maximum Gasteiger partial charge on any atom is 0.337 e. The van der Waals surface area contributed by atoms with Gasteiger partial charge in [0.2, 0.25) is 0 Å². The number of anilines is 1. The number of pyridine rings is 1. The minimum atomic E-state index is -1.05. The van der Waals surface area contributed by atoms with Gasteiger partial charge < -0.3 is 10.4 Å². The fraction of sp³-hybridized carbons (Fsp3) is 0.160. The highest BCUT2D eigenvalue weighted by Crippen LogP contribution is 2.29. The molecule has 8 heteroatoms. The molecule has 2 aromatic carbocycles. The minimum absolute atomic E-state index is 0.131. The van der Waals surface area contributed by atoms with Gasteiger partial charge in [0, 0.05) is 33.6 Å². The third kappa shape index (κ3) is 4.19. The number of benzene rings is 2. The first-order chi connectivity index (χ1) is 15.7. The van der Waals surface area contributed by atoms with Gasteiger partial charge in [-0.2, -0.15) is 0 Å². The molecule has 1 atom stereocenters. The van der Waals surface area contributed by atoms with E-state index in [1.165, 1.54) is 22.6 Å². The number of carboxylic acids is 1. The van der Waals surface area contributed by atoms with E-state index in [1.807, 2.05) is 19.9 Å². The number of nitrogens with one attached hydrogen (secondary N) is 1. The maximum atomic E-state index is 14.7. The molecule has 0 saturated carbocycles. The fourth-order valence-corrected chi connectivity index (χ4v) is 4.02. The molecule has 168 valence electrons. The number of fused-ring (bicyclic) bond motifs is 1. The number of aromatic nitrogens is 2. The number of aryl methyl sites for hydroxylation is 1. The first-order valence-corrected chi connectivity index (χ1v) is 10.6. The Kier molecular flexibility index (Phi) is 5.91. The van der Waals surface area contributed by atoms with E-state index < -0.39 is 17.8 Å². The van der Waals surface area contributed by atoms with Crippen LogP contribution >= 0.6 is 11.6 Å².